The van der Waals surface area contributed by atoms with Gasteiger partial charge in [0, 0.05) is 12.0 Å². The van der Waals surface area contributed by atoms with Crippen LogP contribution in [0.4, 0.5) is 0 Å². The van der Waals surface area contributed by atoms with Crippen molar-refractivity contribution in [3.05, 3.63) is 46.3 Å². The van der Waals surface area contributed by atoms with E-state index in [1.165, 1.54) is 0 Å². The Bertz CT molecular complexity index is 423. The first-order chi connectivity index (χ1) is 6.54. The van der Waals surface area contributed by atoms with E-state index in [1.54, 1.807) is 24.3 Å². The first-order valence-electron chi connectivity index (χ1n) is 3.84. The van der Waals surface area contributed by atoms with E-state index in [1.807, 2.05) is 6.07 Å². The molecular formula is C9H9ClO3S. The minimum absolute atomic E-state index is 0.100. The molecule has 0 spiro atoms. The summed E-state index contributed by atoms with van der Waals surface area (Å²) in [5.41, 5.74) is 1.65. The van der Waals surface area contributed by atoms with Gasteiger partial charge >= 0.3 is 0 Å². The van der Waals surface area contributed by atoms with Gasteiger partial charge in [-0.2, -0.15) is 8.42 Å². The molecule has 0 amide bonds. The molecular weight excluding hydrogens is 224 g/mol. The number of rotatable bonds is 3. The summed E-state index contributed by atoms with van der Waals surface area (Å²) in [7, 11) is -4.18. The third kappa shape index (κ3) is 3.14. The second kappa shape index (κ2) is 4.59. The first-order valence-corrected chi connectivity index (χ1v) is 5.72. The second-order valence-electron chi connectivity index (χ2n) is 2.71. The Balaban J connectivity index is 2.89. The maximum Gasteiger partial charge on any atom is 0.291 e. The van der Waals surface area contributed by atoms with Crippen molar-refractivity contribution in [2.45, 2.75) is 6.42 Å². The highest BCUT2D eigenvalue weighted by atomic mass is 35.5. The topological polar surface area (TPSA) is 54.4 Å². The molecule has 0 saturated carbocycles. The minimum Gasteiger partial charge on any atom is -0.282 e. The van der Waals surface area contributed by atoms with Gasteiger partial charge in [-0.3, -0.25) is 4.55 Å². The van der Waals surface area contributed by atoms with Crippen molar-refractivity contribution in [3.63, 3.8) is 0 Å². The van der Waals surface area contributed by atoms with Gasteiger partial charge in [0.15, 0.2) is 0 Å². The zero-order chi connectivity index (χ0) is 10.6. The van der Waals surface area contributed by atoms with Gasteiger partial charge in [0.05, 0.1) is 4.91 Å². The average Bonchev–Trinajstić information content (AvgIpc) is 2.14. The van der Waals surface area contributed by atoms with Gasteiger partial charge in [0.1, 0.15) is 0 Å². The van der Waals surface area contributed by atoms with Gasteiger partial charge in [-0.25, -0.2) is 0 Å². The van der Waals surface area contributed by atoms with Crippen LogP contribution in [0.3, 0.4) is 0 Å². The fourth-order valence-corrected chi connectivity index (χ4v) is 1.86. The molecule has 1 aromatic rings. The van der Waals surface area contributed by atoms with E-state index < -0.39 is 10.1 Å². The molecule has 0 aromatic heterocycles. The Labute approximate surface area is 87.8 Å². The van der Waals surface area contributed by atoms with Crippen molar-refractivity contribution in [2.24, 2.45) is 0 Å². The normalized spacial score (nSPS) is 12.9. The molecule has 0 atom stereocenters. The van der Waals surface area contributed by atoms with Crippen molar-refractivity contribution in [2.75, 3.05) is 0 Å². The molecule has 0 heterocycles. The molecule has 1 rings (SSSR count). The van der Waals surface area contributed by atoms with E-state index in [4.69, 9.17) is 16.2 Å². The third-order valence-electron chi connectivity index (χ3n) is 1.67. The SMILES string of the molecule is O=S(=O)(O)/C(=C\Cl)Cc1ccccc1. The lowest BCUT2D eigenvalue weighted by Crippen LogP contribution is -2.04. The Morgan fingerprint density at radius 2 is 1.93 bits per heavy atom. The molecule has 0 unspecified atom stereocenters. The Kier molecular flexibility index (Phi) is 3.69. The van der Waals surface area contributed by atoms with Crippen molar-refractivity contribution in [1.29, 1.82) is 0 Å². The molecule has 3 nitrogen and oxygen atoms in total. The van der Waals surface area contributed by atoms with Crippen LogP contribution in [0.25, 0.3) is 0 Å². The predicted octanol–water partition coefficient (Wildman–Crippen LogP) is 2.20. The summed E-state index contributed by atoms with van der Waals surface area (Å²) in [5.74, 6) is 0. The summed E-state index contributed by atoms with van der Waals surface area (Å²) in [6.45, 7) is 0. The van der Waals surface area contributed by atoms with Gasteiger partial charge in [0.25, 0.3) is 10.1 Å². The van der Waals surface area contributed by atoms with Crippen LogP contribution in [0.2, 0.25) is 0 Å². The zero-order valence-corrected chi connectivity index (χ0v) is 8.79. The van der Waals surface area contributed by atoms with E-state index in [0.717, 1.165) is 11.1 Å². The number of halogens is 1. The summed E-state index contributed by atoms with van der Waals surface area (Å²) >= 11 is 5.30. The maximum absolute atomic E-state index is 10.8. The van der Waals surface area contributed by atoms with Crippen molar-refractivity contribution in [3.8, 4) is 0 Å². The zero-order valence-electron chi connectivity index (χ0n) is 7.22. The summed E-state index contributed by atoms with van der Waals surface area (Å²) < 4.78 is 30.3. The first kappa shape index (κ1) is 11.2. The van der Waals surface area contributed by atoms with Crippen LogP contribution in [0.15, 0.2) is 40.8 Å². The van der Waals surface area contributed by atoms with Crippen LogP contribution in [0, 0.1) is 0 Å². The maximum atomic E-state index is 10.8. The largest absolute Gasteiger partial charge is 0.291 e. The monoisotopic (exact) mass is 232 g/mol. The Hall–Kier alpha value is -0.840. The highest BCUT2D eigenvalue weighted by Crippen LogP contribution is 2.13. The molecule has 76 valence electrons. The Morgan fingerprint density at radius 1 is 1.36 bits per heavy atom. The average molecular weight is 233 g/mol. The molecule has 0 fully saturated rings. The number of allylic oxidation sites excluding steroid dienone is 1. The molecule has 14 heavy (non-hydrogen) atoms. The summed E-state index contributed by atoms with van der Waals surface area (Å²) in [5, 5.41) is 0. The van der Waals surface area contributed by atoms with E-state index >= 15 is 0 Å². The Morgan fingerprint density at radius 3 is 2.36 bits per heavy atom. The van der Waals surface area contributed by atoms with Crippen LogP contribution in [-0.4, -0.2) is 13.0 Å². The van der Waals surface area contributed by atoms with Crippen molar-refractivity contribution in [1.82, 2.24) is 0 Å². The lowest BCUT2D eigenvalue weighted by molar-refractivity contribution is 0.490. The highest BCUT2D eigenvalue weighted by molar-refractivity contribution is 7.89. The van der Waals surface area contributed by atoms with Crippen LogP contribution in [-0.2, 0) is 16.5 Å². The predicted molar refractivity (Wildman–Crippen MR) is 55.6 cm³/mol. The molecule has 0 bridgehead atoms. The van der Waals surface area contributed by atoms with Crippen molar-refractivity contribution < 1.29 is 13.0 Å². The van der Waals surface area contributed by atoms with Crippen LogP contribution < -0.4 is 0 Å². The second-order valence-corrected chi connectivity index (χ2v) is 4.41. The van der Waals surface area contributed by atoms with Crippen LogP contribution in [0.1, 0.15) is 5.56 Å². The lowest BCUT2D eigenvalue weighted by Gasteiger charge is -2.02. The quantitative estimate of drug-likeness (QED) is 0.813. The molecule has 0 aliphatic carbocycles. The lowest BCUT2D eigenvalue weighted by atomic mass is 10.1. The molecule has 0 radical (unpaired) electrons. The van der Waals surface area contributed by atoms with Gasteiger partial charge in [0.2, 0.25) is 0 Å². The van der Waals surface area contributed by atoms with E-state index in [9.17, 15) is 8.42 Å². The van der Waals surface area contributed by atoms with Gasteiger partial charge in [-0.15, -0.1) is 0 Å². The standard InChI is InChI=1S/C9H9ClO3S/c10-7-9(14(11,12)13)6-8-4-2-1-3-5-8/h1-5,7H,6H2,(H,11,12,13)/b9-7-. The molecule has 0 aliphatic heterocycles. The number of benzene rings is 1. The van der Waals surface area contributed by atoms with Gasteiger partial charge in [-0.1, -0.05) is 41.9 Å². The van der Waals surface area contributed by atoms with Crippen LogP contribution in [0.5, 0.6) is 0 Å². The molecule has 0 saturated heterocycles. The molecule has 0 aliphatic rings. The van der Waals surface area contributed by atoms with Crippen molar-refractivity contribution >= 4 is 21.7 Å². The van der Waals surface area contributed by atoms with E-state index in [-0.39, 0.29) is 11.3 Å². The summed E-state index contributed by atoms with van der Waals surface area (Å²) in [6.07, 6.45) is 0.100. The fraction of sp³-hybridized carbons (Fsp3) is 0.111. The summed E-state index contributed by atoms with van der Waals surface area (Å²) in [6, 6.07) is 8.90. The van der Waals surface area contributed by atoms with E-state index in [0.29, 0.717) is 0 Å². The molecule has 1 aromatic carbocycles. The highest BCUT2D eigenvalue weighted by Gasteiger charge is 2.13. The van der Waals surface area contributed by atoms with E-state index in [2.05, 4.69) is 0 Å². The number of hydrogen-bond acceptors (Lipinski definition) is 2. The smallest absolute Gasteiger partial charge is 0.282 e. The summed E-state index contributed by atoms with van der Waals surface area (Å²) in [4.78, 5) is -0.203. The number of hydrogen-bond donors (Lipinski definition) is 1. The molecule has 1 N–H and O–H groups in total. The fourth-order valence-electron chi connectivity index (χ4n) is 0.983. The minimum atomic E-state index is -4.18. The molecule has 5 heteroatoms. The van der Waals surface area contributed by atoms with Gasteiger partial charge in [-0.05, 0) is 5.56 Å². The van der Waals surface area contributed by atoms with Gasteiger partial charge < -0.3 is 0 Å². The van der Waals surface area contributed by atoms with Crippen LogP contribution >= 0.6 is 11.6 Å². The third-order valence-corrected chi connectivity index (χ3v) is 2.99.